The Kier molecular flexibility index (Phi) is 7.04. The molecule has 8 heteroatoms. The molecule has 42 heavy (non-hydrogen) atoms. The maximum Gasteiger partial charge on any atom is 0.408 e. The van der Waals surface area contributed by atoms with Crippen LogP contribution >= 0.6 is 0 Å². The summed E-state index contributed by atoms with van der Waals surface area (Å²) in [6, 6.07) is 31.7. The van der Waals surface area contributed by atoms with Crippen LogP contribution in [-0.2, 0) is 20.8 Å². The fraction of sp³-hybridized carbons (Fsp3) is 0.176. The SMILES string of the molecule is CC(CCc1ccccc1)(NC(=O)OCC1c2ccccc2-c2ccccc21)C(=O)ON1C(=O)c2ccccc2C1=O. The number of carbonyl (C=O) groups is 4. The zero-order valence-corrected chi connectivity index (χ0v) is 22.9. The Labute approximate surface area is 242 Å². The first-order valence-electron chi connectivity index (χ1n) is 13.7. The number of aryl methyl sites for hydroxylation is 1. The van der Waals surface area contributed by atoms with Gasteiger partial charge in [0.05, 0.1) is 11.1 Å². The Morgan fingerprint density at radius 3 is 1.81 bits per heavy atom. The minimum atomic E-state index is -1.62. The second-order valence-electron chi connectivity index (χ2n) is 10.6. The number of hydrogen-bond donors (Lipinski definition) is 1. The van der Waals surface area contributed by atoms with E-state index in [1.807, 2.05) is 78.9 Å². The van der Waals surface area contributed by atoms with E-state index in [2.05, 4.69) is 5.32 Å². The van der Waals surface area contributed by atoms with Crippen LogP contribution in [-0.4, -0.2) is 41.1 Å². The molecule has 4 aromatic carbocycles. The molecule has 1 atom stereocenters. The number of alkyl carbamates (subject to hydrolysis) is 1. The minimum absolute atomic E-state index is 0.0576. The van der Waals surface area contributed by atoms with Crippen LogP contribution in [0.5, 0.6) is 0 Å². The average Bonchev–Trinajstić information content (AvgIpc) is 3.46. The maximum atomic E-state index is 13.6. The van der Waals surface area contributed by atoms with Gasteiger partial charge in [-0.1, -0.05) is 96.1 Å². The predicted octanol–water partition coefficient (Wildman–Crippen LogP) is 5.67. The molecule has 0 aromatic heterocycles. The standard InChI is InChI=1S/C34H28N2O6/c1-34(20-19-22-11-3-2-4-12-22,32(39)42-36-30(37)27-17-9-10-18-28(27)31(36)38)35-33(40)41-21-29-25-15-7-5-13-23(25)24-14-6-8-16-26(24)29/h2-18,29H,19-21H2,1H3,(H,35,40). The van der Waals surface area contributed by atoms with Gasteiger partial charge in [-0.15, -0.1) is 0 Å². The zero-order valence-electron chi connectivity index (χ0n) is 22.9. The summed E-state index contributed by atoms with van der Waals surface area (Å²) in [5, 5.41) is 3.13. The number of amides is 3. The molecule has 210 valence electrons. The van der Waals surface area contributed by atoms with Crippen molar-refractivity contribution in [1.29, 1.82) is 0 Å². The Morgan fingerprint density at radius 1 is 0.738 bits per heavy atom. The predicted molar refractivity (Wildman–Crippen MR) is 154 cm³/mol. The van der Waals surface area contributed by atoms with Crippen molar-refractivity contribution in [1.82, 2.24) is 10.4 Å². The molecule has 0 radical (unpaired) electrons. The number of hydroxylamine groups is 2. The van der Waals surface area contributed by atoms with E-state index in [9.17, 15) is 19.2 Å². The fourth-order valence-electron chi connectivity index (χ4n) is 5.55. The van der Waals surface area contributed by atoms with Crippen LogP contribution in [0.4, 0.5) is 4.79 Å². The van der Waals surface area contributed by atoms with Crippen molar-refractivity contribution in [2.24, 2.45) is 0 Å². The summed E-state index contributed by atoms with van der Waals surface area (Å²) in [6.07, 6.45) is -0.270. The van der Waals surface area contributed by atoms with Gasteiger partial charge in [0.2, 0.25) is 0 Å². The highest BCUT2D eigenvalue weighted by molar-refractivity contribution is 6.21. The second-order valence-corrected chi connectivity index (χ2v) is 10.6. The molecule has 1 aliphatic heterocycles. The number of hydrogen-bond acceptors (Lipinski definition) is 6. The van der Waals surface area contributed by atoms with Crippen LogP contribution in [0.1, 0.15) is 56.7 Å². The third-order valence-corrected chi connectivity index (χ3v) is 7.86. The van der Waals surface area contributed by atoms with Gasteiger partial charge in [0.25, 0.3) is 11.8 Å². The van der Waals surface area contributed by atoms with Crippen LogP contribution < -0.4 is 5.32 Å². The molecule has 0 bridgehead atoms. The summed E-state index contributed by atoms with van der Waals surface area (Å²) in [7, 11) is 0. The van der Waals surface area contributed by atoms with E-state index in [1.54, 1.807) is 12.1 Å². The third kappa shape index (κ3) is 4.92. The zero-order chi connectivity index (χ0) is 29.3. The van der Waals surface area contributed by atoms with Gasteiger partial charge >= 0.3 is 12.1 Å². The highest BCUT2D eigenvalue weighted by atomic mass is 16.7. The van der Waals surface area contributed by atoms with E-state index in [1.165, 1.54) is 19.1 Å². The summed E-state index contributed by atoms with van der Waals surface area (Å²) in [4.78, 5) is 57.8. The van der Waals surface area contributed by atoms with Crippen molar-refractivity contribution in [2.45, 2.75) is 31.2 Å². The van der Waals surface area contributed by atoms with Crippen LogP contribution in [0.2, 0.25) is 0 Å². The molecule has 0 saturated heterocycles. The minimum Gasteiger partial charge on any atom is -0.449 e. The lowest BCUT2D eigenvalue weighted by molar-refractivity contribution is -0.176. The number of fused-ring (bicyclic) bond motifs is 4. The van der Waals surface area contributed by atoms with Crippen LogP contribution in [0.15, 0.2) is 103 Å². The number of nitrogens with zero attached hydrogens (tertiary/aromatic N) is 1. The van der Waals surface area contributed by atoms with Crippen LogP contribution in [0.3, 0.4) is 0 Å². The lowest BCUT2D eigenvalue weighted by atomic mass is 9.93. The first-order valence-corrected chi connectivity index (χ1v) is 13.7. The van der Waals surface area contributed by atoms with E-state index < -0.39 is 29.4 Å². The highest BCUT2D eigenvalue weighted by Crippen LogP contribution is 2.44. The average molecular weight is 561 g/mol. The lowest BCUT2D eigenvalue weighted by Crippen LogP contribution is -2.55. The van der Waals surface area contributed by atoms with Gasteiger partial charge in [-0.05, 0) is 59.7 Å². The first-order chi connectivity index (χ1) is 20.4. The van der Waals surface area contributed by atoms with Gasteiger partial charge in [-0.3, -0.25) is 9.59 Å². The topological polar surface area (TPSA) is 102 Å². The van der Waals surface area contributed by atoms with Gasteiger partial charge in [-0.2, -0.15) is 0 Å². The maximum absolute atomic E-state index is 13.6. The fourth-order valence-corrected chi connectivity index (χ4v) is 5.55. The summed E-state index contributed by atoms with van der Waals surface area (Å²) >= 11 is 0. The number of nitrogens with one attached hydrogen (secondary N) is 1. The lowest BCUT2D eigenvalue weighted by Gasteiger charge is -2.29. The molecular formula is C34H28N2O6. The van der Waals surface area contributed by atoms with Crippen LogP contribution in [0, 0.1) is 0 Å². The molecule has 1 heterocycles. The molecule has 0 saturated carbocycles. The van der Waals surface area contributed by atoms with E-state index in [4.69, 9.17) is 9.57 Å². The molecule has 1 aliphatic carbocycles. The van der Waals surface area contributed by atoms with Crippen molar-refractivity contribution >= 4 is 23.9 Å². The van der Waals surface area contributed by atoms with Gasteiger partial charge in [0.1, 0.15) is 12.1 Å². The Morgan fingerprint density at radius 2 is 1.24 bits per heavy atom. The number of imide groups is 1. The number of ether oxygens (including phenoxy) is 1. The normalized spacial score (nSPS) is 14.9. The van der Waals surface area contributed by atoms with Crippen molar-refractivity contribution in [3.8, 4) is 11.1 Å². The molecule has 8 nitrogen and oxygen atoms in total. The monoisotopic (exact) mass is 560 g/mol. The van der Waals surface area contributed by atoms with E-state index in [-0.39, 0.29) is 30.1 Å². The highest BCUT2D eigenvalue weighted by Gasteiger charge is 2.44. The van der Waals surface area contributed by atoms with E-state index in [0.717, 1.165) is 27.8 Å². The summed E-state index contributed by atoms with van der Waals surface area (Å²) in [6.45, 7) is 1.56. The smallest absolute Gasteiger partial charge is 0.408 e. The molecule has 0 spiro atoms. The van der Waals surface area contributed by atoms with Crippen molar-refractivity contribution in [3.63, 3.8) is 0 Å². The van der Waals surface area contributed by atoms with Crippen molar-refractivity contribution in [2.75, 3.05) is 6.61 Å². The summed E-state index contributed by atoms with van der Waals surface area (Å²) in [5.74, 6) is -2.60. The third-order valence-electron chi connectivity index (χ3n) is 7.86. The molecule has 4 aromatic rings. The Bertz CT molecular complexity index is 1620. The second kappa shape index (κ2) is 11.0. The quantitative estimate of drug-likeness (QED) is 0.279. The molecule has 6 rings (SSSR count). The molecule has 1 N–H and O–H groups in total. The first kappa shape index (κ1) is 27.0. The number of carbonyl (C=O) groups excluding carboxylic acids is 4. The summed E-state index contributed by atoms with van der Waals surface area (Å²) < 4.78 is 5.70. The molecule has 3 amide bonds. The van der Waals surface area contributed by atoms with Gasteiger partial charge in [-0.25, -0.2) is 9.59 Å². The van der Waals surface area contributed by atoms with Crippen molar-refractivity contribution < 1.29 is 28.8 Å². The molecule has 0 fully saturated rings. The largest absolute Gasteiger partial charge is 0.449 e. The van der Waals surface area contributed by atoms with Gasteiger partial charge in [0, 0.05) is 5.92 Å². The van der Waals surface area contributed by atoms with Gasteiger partial charge < -0.3 is 14.9 Å². The van der Waals surface area contributed by atoms with Gasteiger partial charge in [0.15, 0.2) is 0 Å². The Balaban J connectivity index is 1.19. The molecular weight excluding hydrogens is 532 g/mol. The number of benzene rings is 4. The van der Waals surface area contributed by atoms with Crippen LogP contribution in [0.25, 0.3) is 11.1 Å². The van der Waals surface area contributed by atoms with Crippen molar-refractivity contribution in [3.05, 3.63) is 131 Å². The number of rotatable bonds is 8. The molecule has 2 aliphatic rings. The van der Waals surface area contributed by atoms with E-state index >= 15 is 0 Å². The summed E-state index contributed by atoms with van der Waals surface area (Å²) in [5.41, 5.74) is 3.92. The molecule has 1 unspecified atom stereocenters. The van der Waals surface area contributed by atoms with E-state index in [0.29, 0.717) is 11.5 Å². The Hall–Kier alpha value is -5.24.